The van der Waals surface area contributed by atoms with Crippen molar-refractivity contribution in [2.75, 3.05) is 25.5 Å². The maximum Gasteiger partial charge on any atom is 0.311 e. The summed E-state index contributed by atoms with van der Waals surface area (Å²) in [5.41, 5.74) is 1.75. The highest BCUT2D eigenvalue weighted by molar-refractivity contribution is 6.04. The number of hydrogen-bond acceptors (Lipinski definition) is 5. The number of anilines is 1. The van der Waals surface area contributed by atoms with Crippen molar-refractivity contribution in [1.82, 2.24) is 4.90 Å². The molecule has 0 spiro atoms. The second-order valence-electron chi connectivity index (χ2n) is 5.76. The summed E-state index contributed by atoms with van der Waals surface area (Å²) in [6.07, 6.45) is 0. The quantitative estimate of drug-likeness (QED) is 0.575. The average Bonchev–Trinajstić information content (AvgIpc) is 2.66. The van der Waals surface area contributed by atoms with Gasteiger partial charge in [-0.15, -0.1) is 0 Å². The zero-order valence-corrected chi connectivity index (χ0v) is 15.2. The largest absolute Gasteiger partial charge is 0.490 e. The number of rotatable bonds is 8. The molecule has 26 heavy (non-hydrogen) atoms. The van der Waals surface area contributed by atoms with Gasteiger partial charge in [-0.2, -0.15) is 0 Å². The minimum atomic E-state index is -0.572. The Kier molecular flexibility index (Phi) is 6.68. The molecule has 0 unspecified atom stereocenters. The molecule has 0 aliphatic rings. The van der Waals surface area contributed by atoms with Crippen molar-refractivity contribution in [2.45, 2.75) is 20.4 Å². The number of amides is 1. The predicted octanol–water partition coefficient (Wildman–Crippen LogP) is 3.70. The van der Waals surface area contributed by atoms with Gasteiger partial charge in [0.15, 0.2) is 5.75 Å². The van der Waals surface area contributed by atoms with Crippen LogP contribution in [0.2, 0.25) is 0 Å². The molecule has 0 radical (unpaired) electrons. The van der Waals surface area contributed by atoms with Crippen molar-refractivity contribution in [3.63, 3.8) is 0 Å². The maximum absolute atomic E-state index is 12.4. The third-order valence-electron chi connectivity index (χ3n) is 4.15. The number of carbonyl (C=O) groups is 1. The van der Waals surface area contributed by atoms with Crippen LogP contribution in [0.4, 0.5) is 11.4 Å². The van der Waals surface area contributed by atoms with Gasteiger partial charge in [0.05, 0.1) is 12.0 Å². The molecular weight excluding hydrogens is 334 g/mol. The minimum absolute atomic E-state index is 0.118. The first-order valence-electron chi connectivity index (χ1n) is 8.43. The van der Waals surface area contributed by atoms with E-state index in [4.69, 9.17) is 4.74 Å². The van der Waals surface area contributed by atoms with Crippen LogP contribution >= 0.6 is 0 Å². The highest BCUT2D eigenvalue weighted by Gasteiger charge is 2.18. The number of nitrogens with one attached hydrogen (secondary N) is 1. The Morgan fingerprint density at radius 2 is 1.81 bits per heavy atom. The second-order valence-corrected chi connectivity index (χ2v) is 5.76. The van der Waals surface area contributed by atoms with Crippen molar-refractivity contribution in [3.8, 4) is 5.75 Å². The van der Waals surface area contributed by atoms with Crippen LogP contribution in [0.3, 0.4) is 0 Å². The molecule has 0 bridgehead atoms. The van der Waals surface area contributed by atoms with E-state index in [1.54, 1.807) is 0 Å². The summed E-state index contributed by atoms with van der Waals surface area (Å²) in [6.45, 7) is 7.04. The average molecular weight is 357 g/mol. The standard InChI is InChI=1S/C19H23N3O4/c1-4-21(5-2)13-14-6-9-16(10-7-14)20-19(23)15-8-11-18(26-3)17(12-15)22(24)25/h6-12H,4-5,13H2,1-3H3,(H,20,23). The smallest absolute Gasteiger partial charge is 0.311 e. The molecule has 1 amide bonds. The molecule has 2 rings (SSSR count). The fourth-order valence-electron chi connectivity index (χ4n) is 2.58. The minimum Gasteiger partial charge on any atom is -0.490 e. The van der Waals surface area contributed by atoms with E-state index in [-0.39, 0.29) is 17.0 Å². The van der Waals surface area contributed by atoms with Crippen LogP contribution in [-0.2, 0) is 6.54 Å². The van der Waals surface area contributed by atoms with Gasteiger partial charge in [-0.3, -0.25) is 19.8 Å². The highest BCUT2D eigenvalue weighted by atomic mass is 16.6. The van der Waals surface area contributed by atoms with E-state index in [1.807, 2.05) is 24.3 Å². The molecule has 0 fully saturated rings. The Bertz CT molecular complexity index is 771. The van der Waals surface area contributed by atoms with Gasteiger partial charge in [0.2, 0.25) is 0 Å². The highest BCUT2D eigenvalue weighted by Crippen LogP contribution is 2.27. The first-order chi connectivity index (χ1) is 12.5. The van der Waals surface area contributed by atoms with Gasteiger partial charge < -0.3 is 10.1 Å². The number of hydrogen-bond donors (Lipinski definition) is 1. The maximum atomic E-state index is 12.4. The van der Waals surface area contributed by atoms with Gasteiger partial charge in [-0.05, 0) is 42.9 Å². The third-order valence-corrected chi connectivity index (χ3v) is 4.15. The van der Waals surface area contributed by atoms with Crippen molar-refractivity contribution >= 4 is 17.3 Å². The molecule has 138 valence electrons. The van der Waals surface area contributed by atoms with Gasteiger partial charge in [0.1, 0.15) is 0 Å². The summed E-state index contributed by atoms with van der Waals surface area (Å²) >= 11 is 0. The summed E-state index contributed by atoms with van der Waals surface area (Å²) in [5, 5.41) is 13.8. The molecule has 0 heterocycles. The summed E-state index contributed by atoms with van der Waals surface area (Å²) in [4.78, 5) is 25.2. The summed E-state index contributed by atoms with van der Waals surface area (Å²) in [5.74, 6) is -0.292. The van der Waals surface area contributed by atoms with E-state index >= 15 is 0 Å². The number of benzene rings is 2. The van der Waals surface area contributed by atoms with Crippen LogP contribution in [0.15, 0.2) is 42.5 Å². The Morgan fingerprint density at radius 3 is 2.35 bits per heavy atom. The van der Waals surface area contributed by atoms with Crippen LogP contribution in [0.5, 0.6) is 5.75 Å². The van der Waals surface area contributed by atoms with Crippen molar-refractivity contribution in [3.05, 3.63) is 63.7 Å². The van der Waals surface area contributed by atoms with E-state index in [2.05, 4.69) is 24.1 Å². The molecule has 1 N–H and O–H groups in total. The van der Waals surface area contributed by atoms with Crippen LogP contribution in [-0.4, -0.2) is 35.9 Å². The number of nitrogens with zero attached hydrogens (tertiary/aromatic N) is 2. The third kappa shape index (κ3) is 4.80. The Morgan fingerprint density at radius 1 is 1.15 bits per heavy atom. The molecule has 7 heteroatoms. The fourth-order valence-corrected chi connectivity index (χ4v) is 2.58. The number of methoxy groups -OCH3 is 1. The van der Waals surface area contributed by atoms with E-state index in [0.29, 0.717) is 5.69 Å². The van der Waals surface area contributed by atoms with E-state index in [1.165, 1.54) is 25.3 Å². The lowest BCUT2D eigenvalue weighted by molar-refractivity contribution is -0.385. The SMILES string of the molecule is CCN(CC)Cc1ccc(NC(=O)c2ccc(OC)c([N+](=O)[O-])c2)cc1. The van der Waals surface area contributed by atoms with Crippen LogP contribution in [0.25, 0.3) is 0 Å². The zero-order chi connectivity index (χ0) is 19.1. The molecule has 0 atom stereocenters. The number of nitro groups is 1. The van der Waals surface area contributed by atoms with Crippen molar-refractivity contribution < 1.29 is 14.5 Å². The summed E-state index contributed by atoms with van der Waals surface area (Å²) in [7, 11) is 1.35. The summed E-state index contributed by atoms with van der Waals surface area (Å²) in [6, 6.07) is 11.7. The molecule has 2 aromatic carbocycles. The molecular formula is C19H23N3O4. The normalized spacial score (nSPS) is 10.6. The topological polar surface area (TPSA) is 84.7 Å². The van der Waals surface area contributed by atoms with Gasteiger partial charge in [0, 0.05) is 23.9 Å². The zero-order valence-electron chi connectivity index (χ0n) is 15.2. The van der Waals surface area contributed by atoms with Gasteiger partial charge >= 0.3 is 5.69 Å². The number of carbonyl (C=O) groups excluding carboxylic acids is 1. The van der Waals surface area contributed by atoms with Crippen LogP contribution < -0.4 is 10.1 Å². The monoisotopic (exact) mass is 357 g/mol. The molecule has 0 saturated carbocycles. The molecule has 0 aliphatic carbocycles. The first kappa shape index (κ1) is 19.4. The number of nitro benzene ring substituents is 1. The van der Waals surface area contributed by atoms with E-state index in [0.717, 1.165) is 25.2 Å². The molecule has 0 aliphatic heterocycles. The summed E-state index contributed by atoms with van der Waals surface area (Å²) < 4.78 is 4.95. The van der Waals surface area contributed by atoms with Crippen molar-refractivity contribution in [2.24, 2.45) is 0 Å². The first-order valence-corrected chi connectivity index (χ1v) is 8.43. The van der Waals surface area contributed by atoms with Crippen LogP contribution in [0.1, 0.15) is 29.8 Å². The van der Waals surface area contributed by atoms with Gasteiger partial charge in [-0.25, -0.2) is 0 Å². The molecule has 0 aromatic heterocycles. The van der Waals surface area contributed by atoms with Crippen molar-refractivity contribution in [1.29, 1.82) is 0 Å². The van der Waals surface area contributed by atoms with Gasteiger partial charge in [-0.1, -0.05) is 26.0 Å². The van der Waals surface area contributed by atoms with Gasteiger partial charge in [0.25, 0.3) is 5.91 Å². The van der Waals surface area contributed by atoms with E-state index in [9.17, 15) is 14.9 Å². The molecule has 0 saturated heterocycles. The van der Waals surface area contributed by atoms with Crippen LogP contribution in [0, 0.1) is 10.1 Å². The Balaban J connectivity index is 2.10. The predicted molar refractivity (Wildman–Crippen MR) is 101 cm³/mol. The molecule has 2 aromatic rings. The lowest BCUT2D eigenvalue weighted by Gasteiger charge is -2.18. The lowest BCUT2D eigenvalue weighted by atomic mass is 10.1. The lowest BCUT2D eigenvalue weighted by Crippen LogP contribution is -2.22. The Hall–Kier alpha value is -2.93. The fraction of sp³-hybridized carbons (Fsp3) is 0.316. The molecule has 7 nitrogen and oxygen atoms in total. The second kappa shape index (κ2) is 8.96. The Labute approximate surface area is 152 Å². The number of ether oxygens (including phenoxy) is 1. The van der Waals surface area contributed by atoms with E-state index < -0.39 is 10.8 Å².